The van der Waals surface area contributed by atoms with Crippen molar-refractivity contribution in [3.63, 3.8) is 0 Å². The smallest absolute Gasteiger partial charge is 0.275 e. The summed E-state index contributed by atoms with van der Waals surface area (Å²) in [5.41, 5.74) is 3.58. The van der Waals surface area contributed by atoms with Crippen LogP contribution in [0.5, 0.6) is 17.2 Å². The predicted octanol–water partition coefficient (Wildman–Crippen LogP) is 3.52. The van der Waals surface area contributed by atoms with Crippen LogP contribution in [0.25, 0.3) is 6.08 Å². The van der Waals surface area contributed by atoms with E-state index in [0.717, 1.165) is 12.0 Å². The largest absolute Gasteiger partial charge is 0.493 e. The van der Waals surface area contributed by atoms with E-state index < -0.39 is 0 Å². The molecule has 0 unspecified atom stereocenters. The number of nitrogens with zero attached hydrogens (tertiary/aromatic N) is 1. The maximum atomic E-state index is 12.3. The van der Waals surface area contributed by atoms with Crippen LogP contribution < -0.4 is 19.5 Å². The third-order valence-electron chi connectivity index (χ3n) is 4.63. The number of amidine groups is 1. The molecule has 1 N–H and O–H groups in total. The van der Waals surface area contributed by atoms with Gasteiger partial charge in [0.05, 0.1) is 21.3 Å². The number of amides is 1. The van der Waals surface area contributed by atoms with Crippen LogP contribution in [0.4, 0.5) is 0 Å². The van der Waals surface area contributed by atoms with Gasteiger partial charge in [0.15, 0.2) is 11.5 Å². The standard InChI is InChI=1S/C22H24N2O4/c1-14-7-5-6-8-16(14)9-10-20-23-17(22(25)24-20)11-15-12-18(26-2)21(28-4)19(13-15)27-3/h5-8,11-13H,9-10H2,1-4H3,(H,23,24,25)/b17-11+. The molecule has 1 heterocycles. The van der Waals surface area contributed by atoms with Crippen LogP contribution in [0.3, 0.4) is 0 Å². The molecule has 1 aliphatic heterocycles. The van der Waals surface area contributed by atoms with Crippen LogP contribution in [0, 0.1) is 6.92 Å². The number of hydrogen-bond donors (Lipinski definition) is 1. The Hall–Kier alpha value is -3.28. The van der Waals surface area contributed by atoms with E-state index in [1.807, 2.05) is 12.1 Å². The van der Waals surface area contributed by atoms with E-state index in [-0.39, 0.29) is 5.91 Å². The summed E-state index contributed by atoms with van der Waals surface area (Å²) in [6.07, 6.45) is 3.20. The third-order valence-corrected chi connectivity index (χ3v) is 4.63. The molecule has 1 aliphatic rings. The lowest BCUT2D eigenvalue weighted by molar-refractivity contribution is -0.115. The molecule has 28 heavy (non-hydrogen) atoms. The van der Waals surface area contributed by atoms with Crippen molar-refractivity contribution in [1.82, 2.24) is 5.32 Å². The Bertz CT molecular complexity index is 922. The van der Waals surface area contributed by atoms with E-state index in [1.165, 1.54) is 11.1 Å². The highest BCUT2D eigenvalue weighted by molar-refractivity contribution is 6.14. The van der Waals surface area contributed by atoms with Crippen LogP contribution in [0.15, 0.2) is 47.1 Å². The number of hydrogen-bond acceptors (Lipinski definition) is 5. The second-order valence-electron chi connectivity index (χ2n) is 6.43. The van der Waals surface area contributed by atoms with E-state index in [0.29, 0.717) is 35.2 Å². The van der Waals surface area contributed by atoms with E-state index in [4.69, 9.17) is 14.2 Å². The molecule has 3 rings (SSSR count). The van der Waals surface area contributed by atoms with Gasteiger partial charge in [-0.2, -0.15) is 0 Å². The number of methoxy groups -OCH3 is 3. The summed E-state index contributed by atoms with van der Waals surface area (Å²) in [6, 6.07) is 11.8. The van der Waals surface area contributed by atoms with Crippen molar-refractivity contribution in [3.8, 4) is 17.2 Å². The number of carbonyl (C=O) groups is 1. The average molecular weight is 380 g/mol. The van der Waals surface area contributed by atoms with Gasteiger partial charge in [0.2, 0.25) is 5.75 Å². The van der Waals surface area contributed by atoms with Crippen LogP contribution in [-0.4, -0.2) is 33.1 Å². The van der Waals surface area contributed by atoms with E-state index in [9.17, 15) is 4.79 Å². The number of benzene rings is 2. The highest BCUT2D eigenvalue weighted by atomic mass is 16.5. The number of rotatable bonds is 7. The van der Waals surface area contributed by atoms with Crippen molar-refractivity contribution in [2.45, 2.75) is 19.8 Å². The molecule has 0 bridgehead atoms. The van der Waals surface area contributed by atoms with Crippen LogP contribution in [-0.2, 0) is 11.2 Å². The van der Waals surface area contributed by atoms with Crippen LogP contribution in [0.1, 0.15) is 23.1 Å². The van der Waals surface area contributed by atoms with E-state index in [1.54, 1.807) is 39.5 Å². The van der Waals surface area contributed by atoms with Crippen molar-refractivity contribution in [3.05, 3.63) is 58.8 Å². The number of ether oxygens (including phenoxy) is 3. The molecular formula is C22H24N2O4. The third kappa shape index (κ3) is 4.17. The zero-order chi connectivity index (χ0) is 20.1. The lowest BCUT2D eigenvalue weighted by atomic mass is 10.0. The second-order valence-corrected chi connectivity index (χ2v) is 6.43. The zero-order valence-electron chi connectivity index (χ0n) is 16.5. The average Bonchev–Trinajstić information content (AvgIpc) is 3.05. The number of aryl methyl sites for hydroxylation is 2. The molecule has 146 valence electrons. The molecule has 6 heteroatoms. The first-order valence-corrected chi connectivity index (χ1v) is 9.00. The first-order valence-electron chi connectivity index (χ1n) is 9.00. The topological polar surface area (TPSA) is 69.2 Å². The molecule has 0 atom stereocenters. The van der Waals surface area contributed by atoms with Gasteiger partial charge in [-0.25, -0.2) is 4.99 Å². The number of nitrogens with one attached hydrogen (secondary N) is 1. The summed E-state index contributed by atoms with van der Waals surface area (Å²) in [5.74, 6) is 2.01. The molecule has 0 saturated heterocycles. The summed E-state index contributed by atoms with van der Waals surface area (Å²) in [5, 5.41) is 2.85. The summed E-state index contributed by atoms with van der Waals surface area (Å²) in [7, 11) is 4.66. The molecule has 2 aromatic carbocycles. The van der Waals surface area contributed by atoms with Gasteiger partial charge in [-0.15, -0.1) is 0 Å². The Morgan fingerprint density at radius 2 is 1.68 bits per heavy atom. The van der Waals surface area contributed by atoms with Crippen molar-refractivity contribution in [1.29, 1.82) is 0 Å². The molecule has 0 aromatic heterocycles. The van der Waals surface area contributed by atoms with E-state index >= 15 is 0 Å². The van der Waals surface area contributed by atoms with Gasteiger partial charge >= 0.3 is 0 Å². The fourth-order valence-electron chi connectivity index (χ4n) is 3.12. The van der Waals surface area contributed by atoms with Crippen molar-refractivity contribution >= 4 is 17.8 Å². The highest BCUT2D eigenvalue weighted by Crippen LogP contribution is 2.38. The van der Waals surface area contributed by atoms with Gasteiger partial charge in [0.25, 0.3) is 5.91 Å². The molecule has 0 aliphatic carbocycles. The van der Waals surface area contributed by atoms with Crippen molar-refractivity contribution in [2.24, 2.45) is 4.99 Å². The predicted molar refractivity (Wildman–Crippen MR) is 109 cm³/mol. The van der Waals surface area contributed by atoms with Gasteiger partial charge in [0.1, 0.15) is 11.5 Å². The summed E-state index contributed by atoms with van der Waals surface area (Å²) < 4.78 is 16.0. The molecule has 0 spiro atoms. The number of aliphatic imine (C=N–C) groups is 1. The van der Waals surface area contributed by atoms with Gasteiger partial charge in [0, 0.05) is 6.42 Å². The Kier molecular flexibility index (Phi) is 5.99. The molecule has 2 aromatic rings. The summed E-state index contributed by atoms with van der Waals surface area (Å²) in [4.78, 5) is 16.8. The molecule has 1 amide bonds. The van der Waals surface area contributed by atoms with Gasteiger partial charge in [-0.05, 0) is 48.2 Å². The maximum absolute atomic E-state index is 12.3. The highest BCUT2D eigenvalue weighted by Gasteiger charge is 2.21. The minimum absolute atomic E-state index is 0.214. The molecule has 0 saturated carbocycles. The van der Waals surface area contributed by atoms with E-state index in [2.05, 4.69) is 29.4 Å². The first kappa shape index (κ1) is 19.5. The molecule has 0 radical (unpaired) electrons. The quantitative estimate of drug-likeness (QED) is 0.746. The second kappa shape index (κ2) is 8.61. The molecule has 0 fully saturated rings. The Morgan fingerprint density at radius 1 is 1.00 bits per heavy atom. The molecule has 6 nitrogen and oxygen atoms in total. The summed E-state index contributed by atoms with van der Waals surface area (Å²) >= 11 is 0. The fraction of sp³-hybridized carbons (Fsp3) is 0.273. The van der Waals surface area contributed by atoms with Crippen molar-refractivity contribution in [2.75, 3.05) is 21.3 Å². The first-order chi connectivity index (χ1) is 13.5. The lowest BCUT2D eigenvalue weighted by Crippen LogP contribution is -2.24. The van der Waals surface area contributed by atoms with Crippen LogP contribution in [0.2, 0.25) is 0 Å². The summed E-state index contributed by atoms with van der Waals surface area (Å²) in [6.45, 7) is 2.08. The van der Waals surface area contributed by atoms with Gasteiger partial charge in [-0.3, -0.25) is 4.79 Å². The fourth-order valence-corrected chi connectivity index (χ4v) is 3.12. The van der Waals surface area contributed by atoms with Crippen molar-refractivity contribution < 1.29 is 19.0 Å². The minimum Gasteiger partial charge on any atom is -0.493 e. The van der Waals surface area contributed by atoms with Crippen LogP contribution >= 0.6 is 0 Å². The Labute approximate surface area is 164 Å². The maximum Gasteiger partial charge on any atom is 0.275 e. The Balaban J connectivity index is 1.82. The van der Waals surface area contributed by atoms with Gasteiger partial charge in [-0.1, -0.05) is 24.3 Å². The zero-order valence-corrected chi connectivity index (χ0v) is 16.5. The lowest BCUT2D eigenvalue weighted by Gasteiger charge is -2.12. The normalized spacial score (nSPS) is 14.6. The minimum atomic E-state index is -0.214. The van der Waals surface area contributed by atoms with Gasteiger partial charge < -0.3 is 19.5 Å². The monoisotopic (exact) mass is 380 g/mol. The Morgan fingerprint density at radius 3 is 2.29 bits per heavy atom. The molecular weight excluding hydrogens is 356 g/mol. The number of carbonyl (C=O) groups excluding carboxylic acids is 1. The SMILES string of the molecule is COc1cc(/C=C2/N=C(CCc3ccccc3C)NC2=O)cc(OC)c1OC.